The molecule has 2 N–H and O–H groups in total. The minimum atomic E-state index is -0.163. The van der Waals surface area contributed by atoms with Crippen LogP contribution in [0.15, 0.2) is 42.5 Å². The Hall–Kier alpha value is -2.49. The van der Waals surface area contributed by atoms with Crippen LogP contribution in [0.4, 0.5) is 4.79 Å². The van der Waals surface area contributed by atoms with E-state index in [0.29, 0.717) is 13.2 Å². The second-order valence-corrected chi connectivity index (χ2v) is 6.33. The van der Waals surface area contributed by atoms with Crippen molar-refractivity contribution in [3.05, 3.63) is 64.7 Å². The molecule has 2 aromatic carbocycles. The molecule has 0 bridgehead atoms. The number of hydrogen-bond acceptors (Lipinski definition) is 2. The minimum Gasteiger partial charge on any atom is -0.494 e. The van der Waals surface area contributed by atoms with Crippen molar-refractivity contribution >= 4 is 6.03 Å². The zero-order valence-electron chi connectivity index (χ0n) is 15.6. The highest BCUT2D eigenvalue weighted by Gasteiger charge is 2.14. The summed E-state index contributed by atoms with van der Waals surface area (Å²) in [6.07, 6.45) is 0.816. The van der Waals surface area contributed by atoms with E-state index in [9.17, 15) is 4.79 Å². The van der Waals surface area contributed by atoms with E-state index < -0.39 is 0 Å². The summed E-state index contributed by atoms with van der Waals surface area (Å²) < 4.78 is 5.67. The van der Waals surface area contributed by atoms with Crippen molar-refractivity contribution in [2.75, 3.05) is 13.2 Å². The molecule has 2 rings (SSSR count). The van der Waals surface area contributed by atoms with Gasteiger partial charge in [-0.2, -0.15) is 0 Å². The highest BCUT2D eigenvalue weighted by atomic mass is 16.5. The molecule has 0 fully saturated rings. The minimum absolute atomic E-state index is 0.124. The lowest BCUT2D eigenvalue weighted by molar-refractivity contribution is 0.237. The number of benzene rings is 2. The Bertz CT molecular complexity index is 696. The second kappa shape index (κ2) is 9.11. The number of ether oxygens (including phenoxy) is 1. The zero-order chi connectivity index (χ0) is 18.2. The Morgan fingerprint density at radius 3 is 2.44 bits per heavy atom. The predicted molar refractivity (Wildman–Crippen MR) is 102 cm³/mol. The normalized spacial score (nSPS) is 11.7. The molecule has 4 nitrogen and oxygen atoms in total. The smallest absolute Gasteiger partial charge is 0.315 e. The van der Waals surface area contributed by atoms with Crippen molar-refractivity contribution in [3.63, 3.8) is 0 Å². The summed E-state index contributed by atoms with van der Waals surface area (Å²) in [5.74, 6) is 0.820. The van der Waals surface area contributed by atoms with Gasteiger partial charge in [-0.15, -0.1) is 0 Å². The van der Waals surface area contributed by atoms with Crippen molar-refractivity contribution in [2.45, 2.75) is 40.2 Å². The molecule has 2 aromatic rings. The molecule has 1 unspecified atom stereocenters. The van der Waals surface area contributed by atoms with E-state index in [1.807, 2.05) is 32.9 Å². The molecule has 0 spiro atoms. The molecule has 0 aliphatic rings. The van der Waals surface area contributed by atoms with Gasteiger partial charge in [-0.1, -0.05) is 47.5 Å². The van der Waals surface area contributed by atoms with Crippen molar-refractivity contribution in [3.8, 4) is 5.75 Å². The van der Waals surface area contributed by atoms with Gasteiger partial charge in [0.25, 0.3) is 0 Å². The molecule has 0 saturated heterocycles. The number of amides is 2. The predicted octanol–water partition coefficient (Wildman–Crippen LogP) is 4.31. The number of carbonyl (C=O) groups is 1. The number of nitrogens with one attached hydrogen (secondary N) is 2. The van der Waals surface area contributed by atoms with E-state index in [2.05, 4.69) is 47.9 Å². The summed E-state index contributed by atoms with van der Waals surface area (Å²) in [4.78, 5) is 12.2. The quantitative estimate of drug-likeness (QED) is 0.789. The number of hydrogen-bond donors (Lipinski definition) is 2. The summed E-state index contributed by atoms with van der Waals surface area (Å²) in [5, 5.41) is 5.91. The Morgan fingerprint density at radius 1 is 1.08 bits per heavy atom. The Balaban J connectivity index is 1.87. The van der Waals surface area contributed by atoms with Gasteiger partial charge in [0, 0.05) is 12.1 Å². The number of carbonyl (C=O) groups excluding carboxylic acids is 1. The molecule has 0 aliphatic heterocycles. The van der Waals surface area contributed by atoms with Gasteiger partial charge in [-0.25, -0.2) is 4.79 Å². The van der Waals surface area contributed by atoms with Gasteiger partial charge in [-0.3, -0.25) is 0 Å². The van der Waals surface area contributed by atoms with Crippen molar-refractivity contribution in [2.24, 2.45) is 0 Å². The van der Waals surface area contributed by atoms with Gasteiger partial charge in [0.15, 0.2) is 0 Å². The van der Waals surface area contributed by atoms with E-state index in [1.165, 1.54) is 11.1 Å². The fraction of sp³-hybridized carbons (Fsp3) is 0.381. The first-order valence-corrected chi connectivity index (χ1v) is 8.83. The Labute approximate surface area is 150 Å². The molecule has 0 heterocycles. The summed E-state index contributed by atoms with van der Waals surface area (Å²) in [6.45, 7) is 9.24. The molecule has 1 atom stereocenters. The van der Waals surface area contributed by atoms with Gasteiger partial charge < -0.3 is 15.4 Å². The number of rotatable bonds is 7. The van der Waals surface area contributed by atoms with Gasteiger partial charge in [0.2, 0.25) is 0 Å². The summed E-state index contributed by atoms with van der Waals surface area (Å²) in [7, 11) is 0. The van der Waals surface area contributed by atoms with Crippen LogP contribution in [-0.4, -0.2) is 19.2 Å². The maximum absolute atomic E-state index is 12.2. The zero-order valence-corrected chi connectivity index (χ0v) is 15.6. The highest BCUT2D eigenvalue weighted by molar-refractivity contribution is 5.74. The van der Waals surface area contributed by atoms with Crippen LogP contribution in [0.25, 0.3) is 0 Å². The first-order valence-electron chi connectivity index (χ1n) is 8.83. The number of urea groups is 1. The Kier molecular flexibility index (Phi) is 6.87. The lowest BCUT2D eigenvalue weighted by atomic mass is 10.0. The van der Waals surface area contributed by atoms with Crippen molar-refractivity contribution < 1.29 is 9.53 Å². The third kappa shape index (κ3) is 5.82. The lowest BCUT2D eigenvalue weighted by Crippen LogP contribution is -2.38. The SMILES string of the molecule is CCOc1ccc(C)cc1C(C)NC(=O)NCCc1ccc(C)cc1. The van der Waals surface area contributed by atoms with Crippen LogP contribution in [0.3, 0.4) is 0 Å². The molecule has 0 aliphatic carbocycles. The standard InChI is InChI=1S/C21H28N2O2/c1-5-25-20-11-8-16(3)14-19(20)17(4)23-21(24)22-13-12-18-9-6-15(2)7-10-18/h6-11,14,17H,5,12-13H2,1-4H3,(H2,22,23,24). The monoisotopic (exact) mass is 340 g/mol. The van der Waals surface area contributed by atoms with Crippen LogP contribution in [0.1, 0.15) is 42.1 Å². The first kappa shape index (κ1) is 18.8. The molecule has 0 saturated carbocycles. The van der Waals surface area contributed by atoms with E-state index >= 15 is 0 Å². The van der Waals surface area contributed by atoms with Crippen LogP contribution in [-0.2, 0) is 6.42 Å². The molecule has 0 aromatic heterocycles. The fourth-order valence-corrected chi connectivity index (χ4v) is 2.69. The van der Waals surface area contributed by atoms with Gasteiger partial charge in [0.05, 0.1) is 12.6 Å². The summed E-state index contributed by atoms with van der Waals surface area (Å²) in [6, 6.07) is 14.1. The molecule has 4 heteroatoms. The van der Waals surface area contributed by atoms with E-state index in [-0.39, 0.29) is 12.1 Å². The highest BCUT2D eigenvalue weighted by Crippen LogP contribution is 2.26. The van der Waals surface area contributed by atoms with Crippen LogP contribution >= 0.6 is 0 Å². The first-order chi connectivity index (χ1) is 12.0. The Morgan fingerprint density at radius 2 is 1.76 bits per heavy atom. The van der Waals surface area contributed by atoms with Gasteiger partial charge >= 0.3 is 6.03 Å². The van der Waals surface area contributed by atoms with Crippen molar-refractivity contribution in [1.29, 1.82) is 0 Å². The molecule has 2 amide bonds. The van der Waals surface area contributed by atoms with Crippen molar-refractivity contribution in [1.82, 2.24) is 10.6 Å². The van der Waals surface area contributed by atoms with E-state index in [0.717, 1.165) is 23.3 Å². The molecule has 134 valence electrons. The van der Waals surface area contributed by atoms with Crippen LogP contribution < -0.4 is 15.4 Å². The maximum atomic E-state index is 12.2. The third-order valence-corrected chi connectivity index (χ3v) is 4.10. The third-order valence-electron chi connectivity index (χ3n) is 4.10. The van der Waals surface area contributed by atoms with Gasteiger partial charge in [0.1, 0.15) is 5.75 Å². The molecular formula is C21H28N2O2. The topological polar surface area (TPSA) is 50.4 Å². The average Bonchev–Trinajstić information content (AvgIpc) is 2.58. The largest absolute Gasteiger partial charge is 0.494 e. The second-order valence-electron chi connectivity index (χ2n) is 6.33. The molecular weight excluding hydrogens is 312 g/mol. The fourth-order valence-electron chi connectivity index (χ4n) is 2.69. The number of aryl methyl sites for hydroxylation is 2. The molecule has 0 radical (unpaired) electrons. The summed E-state index contributed by atoms with van der Waals surface area (Å²) >= 11 is 0. The summed E-state index contributed by atoms with van der Waals surface area (Å²) in [5.41, 5.74) is 4.60. The maximum Gasteiger partial charge on any atom is 0.315 e. The lowest BCUT2D eigenvalue weighted by Gasteiger charge is -2.19. The van der Waals surface area contributed by atoms with E-state index in [1.54, 1.807) is 0 Å². The average molecular weight is 340 g/mol. The van der Waals surface area contributed by atoms with Crippen LogP contribution in [0.2, 0.25) is 0 Å². The van der Waals surface area contributed by atoms with Crippen LogP contribution in [0.5, 0.6) is 5.75 Å². The molecule has 25 heavy (non-hydrogen) atoms. The van der Waals surface area contributed by atoms with Gasteiger partial charge in [-0.05, 0) is 45.7 Å². The van der Waals surface area contributed by atoms with Crippen LogP contribution in [0, 0.1) is 13.8 Å². The van der Waals surface area contributed by atoms with E-state index in [4.69, 9.17) is 4.74 Å².